The third kappa shape index (κ3) is 3.16. The van der Waals surface area contributed by atoms with Gasteiger partial charge in [-0.1, -0.05) is 29.8 Å². The second-order valence-corrected chi connectivity index (χ2v) is 7.06. The number of carbonyl (C=O) groups excluding carboxylic acids is 1. The molecular weight excluding hydrogens is 286 g/mol. The Bertz CT molecular complexity index is 658. The number of nitrogens with one attached hydrogen (secondary N) is 1. The Balaban J connectivity index is 1.77. The first-order valence-corrected chi connectivity index (χ1v) is 8.34. The Hall–Kier alpha value is -2.10. The van der Waals surface area contributed by atoms with E-state index in [2.05, 4.69) is 41.2 Å². The zero-order valence-electron chi connectivity index (χ0n) is 14.2. The molecule has 1 aromatic heterocycles. The molecule has 2 heterocycles. The average molecular weight is 311 g/mol. The molecule has 0 spiro atoms. The van der Waals surface area contributed by atoms with Crippen molar-refractivity contribution in [3.05, 3.63) is 53.6 Å². The van der Waals surface area contributed by atoms with Crippen LogP contribution in [0.2, 0.25) is 0 Å². The fourth-order valence-corrected chi connectivity index (χ4v) is 3.37. The third-order valence-electron chi connectivity index (χ3n) is 4.92. The van der Waals surface area contributed by atoms with Gasteiger partial charge in [-0.15, -0.1) is 0 Å². The number of hydrogen-bond donors (Lipinski definition) is 1. The molecule has 1 aliphatic rings. The van der Waals surface area contributed by atoms with Crippen molar-refractivity contribution < 1.29 is 4.79 Å². The number of aromatic nitrogens is 2. The summed E-state index contributed by atoms with van der Waals surface area (Å²) in [5.41, 5.74) is 1.79. The monoisotopic (exact) mass is 311 g/mol. The first-order chi connectivity index (χ1) is 11.0. The normalized spacial score (nSPS) is 18.9. The van der Waals surface area contributed by atoms with Crippen molar-refractivity contribution >= 4 is 5.91 Å². The van der Waals surface area contributed by atoms with Gasteiger partial charge in [0.1, 0.15) is 5.82 Å². The number of likely N-dealkylation sites (tertiary alicyclic amines) is 1. The number of piperidine rings is 1. The van der Waals surface area contributed by atoms with E-state index in [4.69, 9.17) is 0 Å². The molecule has 122 valence electrons. The van der Waals surface area contributed by atoms with Gasteiger partial charge in [-0.25, -0.2) is 4.98 Å². The second kappa shape index (κ2) is 6.19. The molecule has 1 fully saturated rings. The van der Waals surface area contributed by atoms with Crippen LogP contribution in [0.4, 0.5) is 0 Å². The lowest BCUT2D eigenvalue weighted by molar-refractivity contribution is -0.137. The molecule has 0 radical (unpaired) electrons. The van der Waals surface area contributed by atoms with Crippen molar-refractivity contribution in [2.45, 2.75) is 44.9 Å². The molecule has 3 rings (SSSR count). The minimum atomic E-state index is -0.501. The second-order valence-electron chi connectivity index (χ2n) is 7.06. The summed E-state index contributed by atoms with van der Waals surface area (Å²) in [4.78, 5) is 22.7. The molecule has 1 amide bonds. The molecule has 1 aromatic carbocycles. The van der Waals surface area contributed by atoms with Gasteiger partial charge >= 0.3 is 0 Å². The van der Waals surface area contributed by atoms with Crippen LogP contribution in [0.1, 0.15) is 49.6 Å². The van der Waals surface area contributed by atoms with Crippen LogP contribution in [0.3, 0.4) is 0 Å². The largest absolute Gasteiger partial charge is 0.348 e. The smallest absolute Gasteiger partial charge is 0.232 e. The molecular formula is C19H25N3O. The van der Waals surface area contributed by atoms with E-state index in [1.54, 1.807) is 6.20 Å². The zero-order chi connectivity index (χ0) is 16.4. The summed E-state index contributed by atoms with van der Waals surface area (Å²) in [6, 6.07) is 8.29. The predicted molar refractivity (Wildman–Crippen MR) is 91.3 cm³/mol. The lowest BCUT2D eigenvalue weighted by atomic mass is 9.82. The van der Waals surface area contributed by atoms with E-state index in [0.717, 1.165) is 37.3 Å². The standard InChI is InChI=1S/C19H25N3O/c1-14-6-8-16(9-7-14)19(2,3)18(23)22-12-4-5-15(13-22)17-20-10-11-21-17/h6-11,15H,4-5,12-13H2,1-3H3,(H,20,21)/t15-/m1/s1. The summed E-state index contributed by atoms with van der Waals surface area (Å²) in [5, 5.41) is 0. The number of imidazole rings is 1. The van der Waals surface area contributed by atoms with Gasteiger partial charge in [0, 0.05) is 31.4 Å². The van der Waals surface area contributed by atoms with E-state index in [0.29, 0.717) is 5.92 Å². The SMILES string of the molecule is Cc1ccc(C(C)(C)C(=O)N2CCC[C@@H](c3ncc[nH]3)C2)cc1. The van der Waals surface area contributed by atoms with Crippen LogP contribution >= 0.6 is 0 Å². The van der Waals surface area contributed by atoms with Crippen LogP contribution in [0.25, 0.3) is 0 Å². The van der Waals surface area contributed by atoms with Gasteiger partial charge < -0.3 is 9.88 Å². The van der Waals surface area contributed by atoms with Gasteiger partial charge in [0.15, 0.2) is 0 Å². The van der Waals surface area contributed by atoms with E-state index < -0.39 is 5.41 Å². The van der Waals surface area contributed by atoms with Crippen LogP contribution < -0.4 is 0 Å². The average Bonchev–Trinajstić information content (AvgIpc) is 3.09. The first kappa shape index (κ1) is 15.8. The highest BCUT2D eigenvalue weighted by atomic mass is 16.2. The first-order valence-electron chi connectivity index (χ1n) is 8.34. The van der Waals surface area contributed by atoms with Crippen LogP contribution in [0.15, 0.2) is 36.7 Å². The Morgan fingerprint density at radius 3 is 2.70 bits per heavy atom. The highest BCUT2D eigenvalue weighted by Crippen LogP contribution is 2.30. The van der Waals surface area contributed by atoms with Crippen molar-refractivity contribution in [1.29, 1.82) is 0 Å². The lowest BCUT2D eigenvalue weighted by Gasteiger charge is -2.37. The number of H-pyrrole nitrogens is 1. The minimum absolute atomic E-state index is 0.206. The molecule has 0 bridgehead atoms. The van der Waals surface area contributed by atoms with Crippen LogP contribution in [0, 0.1) is 6.92 Å². The summed E-state index contributed by atoms with van der Waals surface area (Å²) in [7, 11) is 0. The summed E-state index contributed by atoms with van der Waals surface area (Å²) in [5.74, 6) is 1.52. The van der Waals surface area contributed by atoms with Gasteiger partial charge in [0.05, 0.1) is 5.41 Å². The number of carbonyl (C=O) groups is 1. The molecule has 1 atom stereocenters. The van der Waals surface area contributed by atoms with Gasteiger partial charge in [-0.3, -0.25) is 4.79 Å². The van der Waals surface area contributed by atoms with Crippen molar-refractivity contribution in [3.63, 3.8) is 0 Å². The number of aryl methyl sites for hydroxylation is 1. The Labute approximate surface area is 137 Å². The molecule has 0 unspecified atom stereocenters. The van der Waals surface area contributed by atoms with Gasteiger partial charge in [-0.05, 0) is 39.2 Å². The maximum Gasteiger partial charge on any atom is 0.232 e. The molecule has 2 aromatic rings. The molecule has 1 N–H and O–H groups in total. The number of rotatable bonds is 3. The van der Waals surface area contributed by atoms with Gasteiger partial charge in [0.25, 0.3) is 0 Å². The van der Waals surface area contributed by atoms with Crippen LogP contribution in [0.5, 0.6) is 0 Å². The number of hydrogen-bond acceptors (Lipinski definition) is 2. The summed E-state index contributed by atoms with van der Waals surface area (Å²) in [6.07, 6.45) is 5.75. The molecule has 23 heavy (non-hydrogen) atoms. The predicted octanol–water partition coefficient (Wildman–Crippen LogP) is 3.40. The minimum Gasteiger partial charge on any atom is -0.348 e. The molecule has 1 aliphatic heterocycles. The highest BCUT2D eigenvalue weighted by Gasteiger charge is 2.36. The van der Waals surface area contributed by atoms with Crippen LogP contribution in [-0.2, 0) is 10.2 Å². The summed E-state index contributed by atoms with van der Waals surface area (Å²) < 4.78 is 0. The van der Waals surface area contributed by atoms with E-state index in [1.807, 2.05) is 24.9 Å². The van der Waals surface area contributed by atoms with Crippen molar-refractivity contribution in [1.82, 2.24) is 14.9 Å². The Kier molecular flexibility index (Phi) is 4.24. The van der Waals surface area contributed by atoms with Gasteiger partial charge in [0.2, 0.25) is 5.91 Å². The fraction of sp³-hybridized carbons (Fsp3) is 0.474. The maximum atomic E-state index is 13.1. The highest BCUT2D eigenvalue weighted by molar-refractivity contribution is 5.87. The maximum absolute atomic E-state index is 13.1. The topological polar surface area (TPSA) is 49.0 Å². The van der Waals surface area contributed by atoms with E-state index in [9.17, 15) is 4.79 Å². The Morgan fingerprint density at radius 1 is 1.30 bits per heavy atom. The molecule has 0 saturated carbocycles. The van der Waals surface area contributed by atoms with Crippen molar-refractivity contribution in [3.8, 4) is 0 Å². The van der Waals surface area contributed by atoms with Crippen molar-refractivity contribution in [2.24, 2.45) is 0 Å². The molecule has 0 aliphatic carbocycles. The lowest BCUT2D eigenvalue weighted by Crippen LogP contribution is -2.47. The summed E-state index contributed by atoms with van der Waals surface area (Å²) >= 11 is 0. The fourth-order valence-electron chi connectivity index (χ4n) is 3.37. The van der Waals surface area contributed by atoms with E-state index >= 15 is 0 Å². The third-order valence-corrected chi connectivity index (χ3v) is 4.92. The number of benzene rings is 1. The van der Waals surface area contributed by atoms with Gasteiger partial charge in [-0.2, -0.15) is 0 Å². The molecule has 4 heteroatoms. The molecule has 4 nitrogen and oxygen atoms in total. The quantitative estimate of drug-likeness (QED) is 0.944. The zero-order valence-corrected chi connectivity index (χ0v) is 14.2. The van der Waals surface area contributed by atoms with E-state index in [-0.39, 0.29) is 5.91 Å². The van der Waals surface area contributed by atoms with Crippen LogP contribution in [-0.4, -0.2) is 33.9 Å². The number of amides is 1. The van der Waals surface area contributed by atoms with E-state index in [1.165, 1.54) is 5.56 Å². The Morgan fingerprint density at radius 2 is 2.04 bits per heavy atom. The number of aromatic amines is 1. The molecule has 1 saturated heterocycles. The summed E-state index contributed by atoms with van der Waals surface area (Å²) in [6.45, 7) is 7.71. The van der Waals surface area contributed by atoms with Crippen molar-refractivity contribution in [2.75, 3.05) is 13.1 Å². The number of nitrogens with zero attached hydrogens (tertiary/aromatic N) is 2.